The van der Waals surface area contributed by atoms with Crippen molar-refractivity contribution in [2.45, 2.75) is 126 Å². The van der Waals surface area contributed by atoms with E-state index in [0.29, 0.717) is 41.2 Å². The number of nitrogens with one attached hydrogen (secondary N) is 1. The molecule has 0 heterocycles. The second kappa shape index (κ2) is 9.84. The molecule has 5 nitrogen and oxygen atoms in total. The third-order valence-electron chi connectivity index (χ3n) is 12.8. The van der Waals surface area contributed by atoms with E-state index in [0.717, 1.165) is 57.8 Å². The number of carbonyl (C=O) groups excluding carboxylic acids is 1. The Bertz CT molecular complexity index is 997. The fourth-order valence-corrected chi connectivity index (χ4v) is 10.9. The number of nitrogens with zero attached hydrogens (tertiary/aromatic N) is 2. The lowest BCUT2D eigenvalue weighted by Crippen LogP contribution is -2.64. The van der Waals surface area contributed by atoms with Crippen LogP contribution in [0.1, 0.15) is 126 Å². The summed E-state index contributed by atoms with van der Waals surface area (Å²) < 4.78 is 0. The molecule has 38 heavy (non-hydrogen) atoms. The second-order valence-electron chi connectivity index (χ2n) is 15.7. The summed E-state index contributed by atoms with van der Waals surface area (Å²) in [6.45, 7) is 23.4. The number of rotatable bonds is 1. The van der Waals surface area contributed by atoms with Crippen molar-refractivity contribution >= 4 is 11.6 Å². The molecule has 0 saturated heterocycles. The maximum Gasteiger partial charge on any atom is 0.151 e. The predicted molar refractivity (Wildman–Crippen MR) is 157 cm³/mol. The molecular weight excluding hydrogens is 468 g/mol. The second-order valence-corrected chi connectivity index (χ2v) is 15.7. The van der Waals surface area contributed by atoms with Gasteiger partial charge in [0, 0.05) is 17.3 Å². The average Bonchev–Trinajstić information content (AvgIpc) is 2.83. The minimum absolute atomic E-state index is 0.194. The van der Waals surface area contributed by atoms with Crippen LogP contribution in [0.4, 0.5) is 0 Å². The van der Waals surface area contributed by atoms with Crippen LogP contribution in [0.2, 0.25) is 0 Å². The molecule has 5 saturated carbocycles. The first kappa shape index (κ1) is 29.5. The molecule has 5 rings (SSSR count). The van der Waals surface area contributed by atoms with Crippen LogP contribution in [0.3, 0.4) is 0 Å². The minimum atomic E-state index is -0.218. The predicted octanol–water partition coefficient (Wildman–Crippen LogP) is 8.93. The van der Waals surface area contributed by atoms with E-state index in [1.54, 1.807) is 0 Å². The number of allylic oxidation sites excluding steroid dienone is 1. The van der Waals surface area contributed by atoms with Gasteiger partial charge in [-0.1, -0.05) is 79.2 Å². The van der Waals surface area contributed by atoms with Gasteiger partial charge in [-0.05, 0) is 104 Å². The van der Waals surface area contributed by atoms with Gasteiger partial charge in [0.15, 0.2) is 5.84 Å². The third kappa shape index (κ3) is 4.24. The first-order valence-corrected chi connectivity index (χ1v) is 15.6. The number of amidine groups is 1. The fourth-order valence-electron chi connectivity index (χ4n) is 10.9. The van der Waals surface area contributed by atoms with Gasteiger partial charge >= 0.3 is 0 Å². The largest absolute Gasteiger partial charge is 0.305 e. The van der Waals surface area contributed by atoms with Gasteiger partial charge in [-0.2, -0.15) is 0 Å². The molecule has 5 fully saturated rings. The number of hydrogen-bond donors (Lipinski definition) is 2. The first-order chi connectivity index (χ1) is 17.6. The van der Waals surface area contributed by atoms with Crippen LogP contribution < -0.4 is 5.84 Å². The van der Waals surface area contributed by atoms with Gasteiger partial charge in [0.05, 0.1) is 0 Å². The molecule has 214 valence electrons. The van der Waals surface area contributed by atoms with Crippen LogP contribution >= 0.6 is 0 Å². The number of nitrogens with two attached hydrogens (primary N) is 1. The lowest BCUT2D eigenvalue weighted by molar-refractivity contribution is -0.187. The van der Waals surface area contributed by atoms with Crippen LogP contribution in [0.5, 0.6) is 0 Å². The van der Waals surface area contributed by atoms with Crippen molar-refractivity contribution in [3.63, 3.8) is 0 Å². The molecule has 0 aromatic heterocycles. The van der Waals surface area contributed by atoms with Crippen molar-refractivity contribution in [2.24, 2.45) is 72.8 Å². The van der Waals surface area contributed by atoms with E-state index in [2.05, 4.69) is 65.7 Å². The highest BCUT2D eigenvalue weighted by molar-refractivity contribution is 5.86. The van der Waals surface area contributed by atoms with E-state index in [-0.39, 0.29) is 27.1 Å². The summed E-state index contributed by atoms with van der Waals surface area (Å²) >= 11 is 0. The van der Waals surface area contributed by atoms with Crippen LogP contribution in [0.15, 0.2) is 22.5 Å². The number of hydrogen-bond acceptors (Lipinski definition) is 3. The van der Waals surface area contributed by atoms with Crippen molar-refractivity contribution in [1.29, 1.82) is 5.41 Å². The molecule has 0 aliphatic heterocycles. The van der Waals surface area contributed by atoms with Gasteiger partial charge in [-0.3, -0.25) is 10.2 Å². The highest BCUT2D eigenvalue weighted by Gasteiger charge is 2.67. The molecule has 8 atom stereocenters. The van der Waals surface area contributed by atoms with Crippen LogP contribution in [0, 0.1) is 62.1 Å². The Balaban J connectivity index is 0.00000107. The number of carbonyl (C=O) groups is 1. The summed E-state index contributed by atoms with van der Waals surface area (Å²) in [5.74, 6) is 8.82. The lowest BCUT2D eigenvalue weighted by atomic mass is 9.34. The number of Topliss-reactive ketones (excluding diaryl/α,β-unsaturated/α-hetero) is 1. The molecule has 3 N–H and O–H groups in total. The summed E-state index contributed by atoms with van der Waals surface area (Å²) in [4.78, 5) is 13.0. The first-order valence-electron chi connectivity index (χ1n) is 15.6. The molecule has 0 spiro atoms. The van der Waals surface area contributed by atoms with Gasteiger partial charge in [-0.15, -0.1) is 5.11 Å². The fraction of sp³-hybridized carbons (Fsp3) is 0.879. The summed E-state index contributed by atoms with van der Waals surface area (Å²) in [7, 11) is 0. The molecule has 0 aromatic rings. The average molecular weight is 525 g/mol. The minimum Gasteiger partial charge on any atom is -0.305 e. The van der Waals surface area contributed by atoms with E-state index in [4.69, 9.17) is 17.8 Å². The molecule has 8 unspecified atom stereocenters. The smallest absolute Gasteiger partial charge is 0.151 e. The number of fused-ring (bicyclic) bond motifs is 7. The van der Waals surface area contributed by atoms with Crippen molar-refractivity contribution in [3.05, 3.63) is 12.2 Å². The van der Waals surface area contributed by atoms with Crippen molar-refractivity contribution in [3.8, 4) is 0 Å². The topological polar surface area (TPSA) is 91.7 Å². The Kier molecular flexibility index (Phi) is 7.63. The van der Waals surface area contributed by atoms with E-state index in [1.807, 2.05) is 0 Å². The van der Waals surface area contributed by atoms with Gasteiger partial charge in [0.25, 0.3) is 0 Å². The highest BCUT2D eigenvalue weighted by atomic mass is 16.1. The zero-order valence-electron chi connectivity index (χ0n) is 25.8. The molecule has 5 heteroatoms. The molecule has 5 aliphatic rings. The molecule has 5 aliphatic carbocycles. The summed E-state index contributed by atoms with van der Waals surface area (Å²) in [5, 5.41) is 16.6. The van der Waals surface area contributed by atoms with Gasteiger partial charge in [-0.25, -0.2) is 0 Å². The third-order valence-corrected chi connectivity index (χ3v) is 12.8. The zero-order valence-corrected chi connectivity index (χ0v) is 25.8. The van der Waals surface area contributed by atoms with E-state index >= 15 is 0 Å². The van der Waals surface area contributed by atoms with Crippen molar-refractivity contribution in [1.82, 2.24) is 0 Å². The van der Waals surface area contributed by atoms with E-state index in [1.165, 1.54) is 18.4 Å². The van der Waals surface area contributed by atoms with Crippen LogP contribution in [-0.2, 0) is 4.79 Å². The molecule has 0 amide bonds. The SMILES string of the molecule is C=C1CC2C(C)(CCC3C(C)(C)C(=O)CCC32C)C2CCC3(C(=N)N=NN)CCC(C)(C)CC3C12.CCC. The van der Waals surface area contributed by atoms with E-state index < -0.39 is 0 Å². The quantitative estimate of drug-likeness (QED) is 0.0894. The van der Waals surface area contributed by atoms with Crippen LogP contribution in [-0.4, -0.2) is 11.6 Å². The van der Waals surface area contributed by atoms with Crippen LogP contribution in [0.25, 0.3) is 0 Å². The van der Waals surface area contributed by atoms with Gasteiger partial charge in [0.2, 0.25) is 0 Å². The Morgan fingerprint density at radius 2 is 1.61 bits per heavy atom. The Morgan fingerprint density at radius 1 is 0.947 bits per heavy atom. The summed E-state index contributed by atoms with van der Waals surface area (Å²) in [6.07, 6.45) is 11.9. The maximum absolute atomic E-state index is 13.0. The monoisotopic (exact) mass is 524 g/mol. The maximum atomic E-state index is 13.0. The standard InChI is InChI=1S/C30H48N4O.C3H8/c1-18-16-22-28(6,11-9-21-27(4,5)23(35)10-12-29(21,22)7)19-8-13-30(25(31)33-34-32)15-14-26(2,3)17-20(30)24(18)19;1-3-2/h19-22,24H,1,8-17H2,2-7H3,(H3,31,32,33);3H2,1-2H3. The number of ketones is 1. The Labute approximate surface area is 232 Å². The normalized spacial score (nSPS) is 45.1. The van der Waals surface area contributed by atoms with Gasteiger partial charge in [0.1, 0.15) is 5.78 Å². The van der Waals surface area contributed by atoms with Crippen molar-refractivity contribution in [2.75, 3.05) is 0 Å². The Morgan fingerprint density at radius 3 is 2.24 bits per heavy atom. The Hall–Kier alpha value is -1.52. The lowest BCUT2D eigenvalue weighted by Gasteiger charge is -2.69. The van der Waals surface area contributed by atoms with Crippen molar-refractivity contribution < 1.29 is 4.79 Å². The van der Waals surface area contributed by atoms with E-state index in [9.17, 15) is 4.79 Å². The molecule has 0 aromatic carbocycles. The molecular formula is C33H56N4O. The molecule has 0 radical (unpaired) electrons. The highest BCUT2D eigenvalue weighted by Crippen LogP contribution is 2.73. The summed E-state index contributed by atoms with van der Waals surface area (Å²) in [5.41, 5.74) is 1.71. The van der Waals surface area contributed by atoms with Gasteiger partial charge < -0.3 is 5.84 Å². The summed E-state index contributed by atoms with van der Waals surface area (Å²) in [6, 6.07) is 0. The molecule has 0 bridgehead atoms. The zero-order chi connectivity index (χ0) is 28.3.